The molecule has 0 saturated carbocycles. The van der Waals surface area contributed by atoms with E-state index in [1.54, 1.807) is 23.6 Å². The molecule has 0 aliphatic heterocycles. The standard InChI is InChI=1S/C23H28F2N4O3/c1-5-9-23(3,26)13-27-22(30)20-14(2)28-21-19(10-15(31-4)11-29(20)21)32-12-16-17(24)7-6-8-18(16)25/h6-8,10-11H,5,9,12-13,26H2,1-4H3,(H,27,30). The van der Waals surface area contributed by atoms with Crippen LogP contribution in [0.3, 0.4) is 0 Å². The minimum atomic E-state index is -0.708. The van der Waals surface area contributed by atoms with Crippen molar-refractivity contribution >= 4 is 11.6 Å². The van der Waals surface area contributed by atoms with Gasteiger partial charge in [0.2, 0.25) is 0 Å². The van der Waals surface area contributed by atoms with Crippen LogP contribution < -0.4 is 20.5 Å². The summed E-state index contributed by atoms with van der Waals surface area (Å²) in [6.45, 7) is 5.56. The third-order valence-electron chi connectivity index (χ3n) is 5.19. The van der Waals surface area contributed by atoms with Crippen LogP contribution in [-0.2, 0) is 6.61 Å². The number of aromatic nitrogens is 2. The van der Waals surface area contributed by atoms with Gasteiger partial charge in [-0.15, -0.1) is 0 Å². The molecule has 1 aromatic carbocycles. The first-order valence-electron chi connectivity index (χ1n) is 10.4. The van der Waals surface area contributed by atoms with Gasteiger partial charge in [0.15, 0.2) is 11.4 Å². The highest BCUT2D eigenvalue weighted by Crippen LogP contribution is 2.29. The number of rotatable bonds is 9. The Hall–Kier alpha value is -3.20. The highest BCUT2D eigenvalue weighted by atomic mass is 19.1. The molecule has 1 unspecified atom stereocenters. The first-order chi connectivity index (χ1) is 15.2. The van der Waals surface area contributed by atoms with Crippen molar-refractivity contribution in [1.82, 2.24) is 14.7 Å². The summed E-state index contributed by atoms with van der Waals surface area (Å²) >= 11 is 0. The summed E-state index contributed by atoms with van der Waals surface area (Å²) in [5.74, 6) is -1.14. The maximum atomic E-state index is 14.0. The zero-order valence-corrected chi connectivity index (χ0v) is 18.7. The van der Waals surface area contributed by atoms with Gasteiger partial charge in [-0.05, 0) is 32.4 Å². The summed E-state index contributed by atoms with van der Waals surface area (Å²) < 4.78 is 40.6. The fourth-order valence-electron chi connectivity index (χ4n) is 3.54. The number of carbonyl (C=O) groups is 1. The molecule has 3 rings (SSSR count). The lowest BCUT2D eigenvalue weighted by atomic mass is 9.98. The second kappa shape index (κ2) is 9.52. The molecule has 7 nitrogen and oxygen atoms in total. The maximum Gasteiger partial charge on any atom is 0.270 e. The van der Waals surface area contributed by atoms with E-state index >= 15 is 0 Å². The van der Waals surface area contributed by atoms with Gasteiger partial charge in [0.1, 0.15) is 29.7 Å². The molecule has 172 valence electrons. The van der Waals surface area contributed by atoms with Crippen molar-refractivity contribution in [2.24, 2.45) is 5.73 Å². The van der Waals surface area contributed by atoms with Crippen LogP contribution in [0.15, 0.2) is 30.5 Å². The normalized spacial score (nSPS) is 13.1. The second-order valence-electron chi connectivity index (χ2n) is 8.06. The van der Waals surface area contributed by atoms with Crippen LogP contribution >= 0.6 is 0 Å². The number of nitrogens with zero attached hydrogens (tertiary/aromatic N) is 2. The number of pyridine rings is 1. The molecule has 0 aliphatic carbocycles. The molecule has 0 bridgehead atoms. The lowest BCUT2D eigenvalue weighted by Gasteiger charge is -2.24. The van der Waals surface area contributed by atoms with E-state index in [0.717, 1.165) is 25.0 Å². The quantitative estimate of drug-likeness (QED) is 0.522. The number of ether oxygens (including phenoxy) is 2. The van der Waals surface area contributed by atoms with Gasteiger partial charge in [-0.3, -0.25) is 9.20 Å². The second-order valence-corrected chi connectivity index (χ2v) is 8.06. The third kappa shape index (κ3) is 4.99. The summed E-state index contributed by atoms with van der Waals surface area (Å²) in [6, 6.07) is 5.16. The number of aryl methyl sites for hydroxylation is 1. The number of amides is 1. The van der Waals surface area contributed by atoms with Gasteiger partial charge in [0.25, 0.3) is 5.91 Å². The van der Waals surface area contributed by atoms with E-state index in [1.807, 2.05) is 13.8 Å². The minimum absolute atomic E-state index is 0.201. The highest BCUT2D eigenvalue weighted by Gasteiger charge is 2.24. The number of nitrogens with one attached hydrogen (secondary N) is 1. The molecule has 0 fully saturated rings. The van der Waals surface area contributed by atoms with E-state index in [9.17, 15) is 13.6 Å². The Kier molecular flexibility index (Phi) is 6.98. The number of benzene rings is 1. The molecule has 0 radical (unpaired) electrons. The molecule has 0 spiro atoms. The van der Waals surface area contributed by atoms with Gasteiger partial charge in [-0.2, -0.15) is 0 Å². The number of carbonyl (C=O) groups excluding carboxylic acids is 1. The van der Waals surface area contributed by atoms with Crippen molar-refractivity contribution in [1.29, 1.82) is 0 Å². The van der Waals surface area contributed by atoms with Crippen molar-refractivity contribution < 1.29 is 23.0 Å². The summed E-state index contributed by atoms with van der Waals surface area (Å²) in [7, 11) is 1.47. The van der Waals surface area contributed by atoms with E-state index in [4.69, 9.17) is 15.2 Å². The minimum Gasteiger partial charge on any atom is -0.495 e. The zero-order chi connectivity index (χ0) is 23.5. The molecule has 2 heterocycles. The van der Waals surface area contributed by atoms with Gasteiger partial charge >= 0.3 is 0 Å². The Labute approximate surface area is 185 Å². The fraction of sp³-hybridized carbons (Fsp3) is 0.391. The van der Waals surface area contributed by atoms with Crippen LogP contribution in [0.4, 0.5) is 8.78 Å². The number of methoxy groups -OCH3 is 1. The van der Waals surface area contributed by atoms with Crippen LogP contribution in [0.1, 0.15) is 48.4 Å². The number of hydrogen-bond acceptors (Lipinski definition) is 5. The van der Waals surface area contributed by atoms with Crippen LogP contribution in [0.5, 0.6) is 11.5 Å². The Balaban J connectivity index is 1.94. The monoisotopic (exact) mass is 446 g/mol. The number of nitrogens with two attached hydrogens (primary N) is 1. The number of halogens is 2. The van der Waals surface area contributed by atoms with Crippen molar-refractivity contribution in [3.8, 4) is 11.5 Å². The van der Waals surface area contributed by atoms with Crippen molar-refractivity contribution in [2.45, 2.75) is 45.8 Å². The van der Waals surface area contributed by atoms with Crippen molar-refractivity contribution in [2.75, 3.05) is 13.7 Å². The molecular formula is C23H28F2N4O3. The van der Waals surface area contributed by atoms with Crippen LogP contribution in [-0.4, -0.2) is 34.5 Å². The summed E-state index contributed by atoms with van der Waals surface area (Å²) in [5.41, 5.74) is 6.59. The highest BCUT2D eigenvalue weighted by molar-refractivity contribution is 5.95. The van der Waals surface area contributed by atoms with E-state index in [1.165, 1.54) is 13.2 Å². The molecule has 9 heteroatoms. The largest absolute Gasteiger partial charge is 0.495 e. The molecule has 0 aliphatic rings. The predicted octanol–water partition coefficient (Wildman–Crippen LogP) is 3.76. The van der Waals surface area contributed by atoms with E-state index in [-0.39, 0.29) is 23.8 Å². The van der Waals surface area contributed by atoms with Crippen LogP contribution in [0.25, 0.3) is 5.65 Å². The van der Waals surface area contributed by atoms with Gasteiger partial charge in [0.05, 0.1) is 24.6 Å². The molecule has 3 N–H and O–H groups in total. The van der Waals surface area contributed by atoms with Crippen molar-refractivity contribution in [3.63, 3.8) is 0 Å². The average molecular weight is 446 g/mol. The van der Waals surface area contributed by atoms with E-state index < -0.39 is 17.2 Å². The Morgan fingerprint density at radius 2 is 2.00 bits per heavy atom. The zero-order valence-electron chi connectivity index (χ0n) is 18.7. The van der Waals surface area contributed by atoms with Gasteiger partial charge in [-0.25, -0.2) is 13.8 Å². The van der Waals surface area contributed by atoms with Crippen LogP contribution in [0, 0.1) is 18.6 Å². The summed E-state index contributed by atoms with van der Waals surface area (Å²) in [4.78, 5) is 17.4. The first kappa shape index (κ1) is 23.5. The summed E-state index contributed by atoms with van der Waals surface area (Å²) in [6.07, 6.45) is 3.27. The average Bonchev–Trinajstić information content (AvgIpc) is 3.07. The fourth-order valence-corrected chi connectivity index (χ4v) is 3.54. The Morgan fingerprint density at radius 3 is 2.62 bits per heavy atom. The Morgan fingerprint density at radius 1 is 1.31 bits per heavy atom. The topological polar surface area (TPSA) is 90.9 Å². The number of imidazole rings is 1. The molecule has 1 atom stereocenters. The lowest BCUT2D eigenvalue weighted by molar-refractivity contribution is 0.0937. The van der Waals surface area contributed by atoms with E-state index in [0.29, 0.717) is 29.3 Å². The molecule has 0 saturated heterocycles. The van der Waals surface area contributed by atoms with Gasteiger partial charge < -0.3 is 20.5 Å². The molecule has 32 heavy (non-hydrogen) atoms. The first-order valence-corrected chi connectivity index (χ1v) is 10.4. The molecule has 3 aromatic rings. The van der Waals surface area contributed by atoms with Gasteiger partial charge in [0, 0.05) is 18.2 Å². The number of hydrogen-bond donors (Lipinski definition) is 2. The SMILES string of the molecule is CCCC(C)(N)CNC(=O)c1c(C)nc2c(OCc3c(F)cccc3F)cc(OC)cn12. The Bertz CT molecular complexity index is 1110. The van der Waals surface area contributed by atoms with Gasteiger partial charge in [-0.1, -0.05) is 19.4 Å². The summed E-state index contributed by atoms with van der Waals surface area (Å²) in [5, 5.41) is 2.87. The maximum absolute atomic E-state index is 14.0. The third-order valence-corrected chi connectivity index (χ3v) is 5.19. The van der Waals surface area contributed by atoms with E-state index in [2.05, 4.69) is 10.3 Å². The van der Waals surface area contributed by atoms with Crippen LogP contribution in [0.2, 0.25) is 0 Å². The molecular weight excluding hydrogens is 418 g/mol. The number of fused-ring (bicyclic) bond motifs is 1. The smallest absolute Gasteiger partial charge is 0.270 e. The molecule has 2 aromatic heterocycles. The predicted molar refractivity (Wildman–Crippen MR) is 117 cm³/mol. The molecule has 1 amide bonds. The van der Waals surface area contributed by atoms with Crippen molar-refractivity contribution in [3.05, 3.63) is 59.0 Å². The lowest BCUT2D eigenvalue weighted by Crippen LogP contribution is -2.47.